The molecule has 9 heavy (non-hydrogen) atoms. The third-order valence-electron chi connectivity index (χ3n) is 0. The first kappa shape index (κ1) is 16.8. The summed E-state index contributed by atoms with van der Waals surface area (Å²) in [7, 11) is 4.24. The zero-order valence-corrected chi connectivity index (χ0v) is 7.67. The van der Waals surface area contributed by atoms with E-state index < -0.39 is 10.4 Å². The molecule has 4 nitrogen and oxygen atoms in total. The Kier molecular flexibility index (Phi) is 17.7. The van der Waals surface area contributed by atoms with Crippen LogP contribution in [0.4, 0.5) is 0 Å². The van der Waals surface area contributed by atoms with Gasteiger partial charge in [-0.2, -0.15) is 0 Å². The molecule has 0 saturated heterocycles. The summed E-state index contributed by atoms with van der Waals surface area (Å²) in [6.07, 6.45) is 0. The van der Waals surface area contributed by atoms with Crippen LogP contribution < -0.4 is 0 Å². The Morgan fingerprint density at radius 1 is 1.22 bits per heavy atom. The first-order chi connectivity index (χ1) is 3.41. The van der Waals surface area contributed by atoms with Crippen LogP contribution in [0.2, 0.25) is 0 Å². The molecule has 0 aliphatic rings. The molecule has 0 saturated carbocycles. The van der Waals surface area contributed by atoms with Crippen LogP contribution in [0.25, 0.3) is 0 Å². The second kappa shape index (κ2) is 9.46. The summed E-state index contributed by atoms with van der Waals surface area (Å²) >= 11 is 0.569. The van der Waals surface area contributed by atoms with Crippen molar-refractivity contribution in [2.45, 2.75) is 0 Å². The van der Waals surface area contributed by atoms with E-state index in [2.05, 4.69) is 0 Å². The Morgan fingerprint density at radius 3 is 1.22 bits per heavy atom. The van der Waals surface area contributed by atoms with E-state index in [0.717, 1.165) is 0 Å². The summed E-state index contributed by atoms with van der Waals surface area (Å²) in [6.45, 7) is 0. The maximum Gasteiger partial charge on any atom is 2.00 e. The minimum absolute atomic E-state index is 0. The van der Waals surface area contributed by atoms with Gasteiger partial charge in [0.15, 0.2) is 0 Å². The molecule has 0 aromatic heterocycles. The van der Waals surface area contributed by atoms with Gasteiger partial charge in [-0.15, -0.1) is 0 Å². The molecule has 0 heterocycles. The SMILES string of the molecule is O=S(=O)([O-])[O-].[Cl][Ni][Cl].[Cu+2]. The van der Waals surface area contributed by atoms with E-state index >= 15 is 0 Å². The number of halogens is 2. The molecule has 0 rings (SSSR count). The Balaban J connectivity index is -0.0000000800. The van der Waals surface area contributed by atoms with Crippen LogP contribution in [0.1, 0.15) is 0 Å². The quantitative estimate of drug-likeness (QED) is 0.358. The summed E-state index contributed by atoms with van der Waals surface area (Å²) in [4.78, 5) is 0. The van der Waals surface area contributed by atoms with Gasteiger partial charge < -0.3 is 9.11 Å². The van der Waals surface area contributed by atoms with Crippen molar-refractivity contribution in [3.05, 3.63) is 0 Å². The maximum absolute atomic E-state index is 8.52. The fourth-order valence-electron chi connectivity index (χ4n) is 0. The second-order valence-electron chi connectivity index (χ2n) is 0.453. The van der Waals surface area contributed by atoms with Crippen molar-refractivity contribution in [2.24, 2.45) is 0 Å². The number of hydrogen-bond donors (Lipinski definition) is 0. The van der Waals surface area contributed by atoms with E-state index in [1.54, 1.807) is 0 Å². The molecule has 0 N–H and O–H groups in total. The Morgan fingerprint density at radius 2 is 1.22 bits per heavy atom. The fraction of sp³-hybridized carbons (Fsp3) is 0. The van der Waals surface area contributed by atoms with Crippen LogP contribution in [-0.2, 0) is 40.1 Å². The van der Waals surface area contributed by atoms with Gasteiger partial charge >= 0.3 is 50.1 Å². The van der Waals surface area contributed by atoms with Crippen LogP contribution in [-0.4, -0.2) is 17.5 Å². The summed E-state index contributed by atoms with van der Waals surface area (Å²) in [6, 6.07) is 0. The van der Waals surface area contributed by atoms with Crippen molar-refractivity contribution in [3.8, 4) is 0 Å². The molecule has 0 spiro atoms. The monoisotopic (exact) mass is 287 g/mol. The van der Waals surface area contributed by atoms with Crippen LogP contribution in [0, 0.1) is 0 Å². The Labute approximate surface area is 77.7 Å². The normalized spacial score (nSPS) is 8.89. The molecule has 0 aromatic carbocycles. The molecule has 0 unspecified atom stereocenters. The minimum Gasteiger partial charge on any atom is 2.00 e. The molecule has 65 valence electrons. The topological polar surface area (TPSA) is 80.3 Å². The number of hydrogen-bond acceptors (Lipinski definition) is 4. The van der Waals surface area contributed by atoms with E-state index in [4.69, 9.17) is 37.9 Å². The molecule has 0 aromatic rings. The van der Waals surface area contributed by atoms with Crippen molar-refractivity contribution in [1.29, 1.82) is 0 Å². The van der Waals surface area contributed by atoms with Crippen LogP contribution in [0.3, 0.4) is 0 Å². The minimum atomic E-state index is -5.17. The van der Waals surface area contributed by atoms with Crippen molar-refractivity contribution in [1.82, 2.24) is 0 Å². The maximum atomic E-state index is 8.52. The molecule has 9 heteroatoms. The van der Waals surface area contributed by atoms with Crippen LogP contribution in [0.5, 0.6) is 0 Å². The number of rotatable bonds is 0. The largest absolute Gasteiger partial charge is 2.00 e. The molecule has 0 fully saturated rings. The summed E-state index contributed by atoms with van der Waals surface area (Å²) in [5, 5.41) is 0. The van der Waals surface area contributed by atoms with Gasteiger partial charge in [0.05, 0.1) is 0 Å². The third kappa shape index (κ3) is 246. The third-order valence-corrected chi connectivity index (χ3v) is 0. The van der Waals surface area contributed by atoms with Gasteiger partial charge in [-0.25, -0.2) is 0 Å². The fourth-order valence-corrected chi connectivity index (χ4v) is 0. The average molecular weight is 289 g/mol. The van der Waals surface area contributed by atoms with Crippen LogP contribution in [0.15, 0.2) is 0 Å². The summed E-state index contributed by atoms with van der Waals surface area (Å²) < 4.78 is 34.1. The molecular formula is Cl2CuNiO4S. The predicted octanol–water partition coefficient (Wildman–Crippen LogP) is 0.0360. The molecule has 0 amide bonds. The smallest absolute Gasteiger partial charge is 2.00 e. The van der Waals surface area contributed by atoms with E-state index in [1.165, 1.54) is 0 Å². The standard InChI is InChI=1S/2ClH.Cu.Ni.H2O4S/c;;;;1-5(2,3)4/h2*1H;;;(H2,1,2,3,4)/q;;2*+2;/p-4. The first-order valence-electron chi connectivity index (χ1n) is 0.906. The second-order valence-corrected chi connectivity index (χ2v) is 2.90. The molecule has 0 aliphatic heterocycles. The summed E-state index contributed by atoms with van der Waals surface area (Å²) in [5.41, 5.74) is 0. The van der Waals surface area contributed by atoms with Crippen molar-refractivity contribution in [3.63, 3.8) is 0 Å². The van der Waals surface area contributed by atoms with Crippen molar-refractivity contribution >= 4 is 30.8 Å². The molecule has 0 aliphatic carbocycles. The van der Waals surface area contributed by atoms with Gasteiger partial charge in [-0.3, -0.25) is 8.42 Å². The van der Waals surface area contributed by atoms with E-state index in [9.17, 15) is 0 Å². The van der Waals surface area contributed by atoms with Crippen molar-refractivity contribution < 1.29 is 47.2 Å². The van der Waals surface area contributed by atoms with Gasteiger partial charge in [-0.05, 0) is 0 Å². The van der Waals surface area contributed by atoms with Gasteiger partial charge in [0.25, 0.3) is 0 Å². The van der Waals surface area contributed by atoms with E-state index in [-0.39, 0.29) is 17.1 Å². The van der Waals surface area contributed by atoms with Gasteiger partial charge in [0, 0.05) is 10.4 Å². The average Bonchev–Trinajstić information content (AvgIpc) is 1.27. The van der Waals surface area contributed by atoms with Crippen LogP contribution >= 0.6 is 20.4 Å². The molecule has 0 atom stereocenters. The van der Waals surface area contributed by atoms with E-state index in [0.29, 0.717) is 12.7 Å². The zero-order valence-electron chi connectivity index (χ0n) is 3.41. The predicted molar refractivity (Wildman–Crippen MR) is 22.2 cm³/mol. The molecular weight excluding hydrogens is 289 g/mol. The Hall–Kier alpha value is 1.46. The zero-order chi connectivity index (χ0) is 7.21. The van der Waals surface area contributed by atoms with E-state index in [1.807, 2.05) is 0 Å². The van der Waals surface area contributed by atoms with Gasteiger partial charge in [-0.1, -0.05) is 0 Å². The van der Waals surface area contributed by atoms with Gasteiger partial charge in [0.2, 0.25) is 0 Å². The first-order valence-corrected chi connectivity index (χ1v) is 4.96. The Bertz CT molecular complexity index is 113. The van der Waals surface area contributed by atoms with Gasteiger partial charge in [0.1, 0.15) is 0 Å². The molecule has 1 radical (unpaired) electrons. The summed E-state index contributed by atoms with van der Waals surface area (Å²) in [5.74, 6) is 0. The molecule has 0 bridgehead atoms. The van der Waals surface area contributed by atoms with Crippen molar-refractivity contribution in [2.75, 3.05) is 0 Å².